The number of hydrogen-bond acceptors (Lipinski definition) is 3. The van der Waals surface area contributed by atoms with Gasteiger partial charge in [0.1, 0.15) is 0 Å². The van der Waals surface area contributed by atoms with E-state index < -0.39 is 0 Å². The predicted molar refractivity (Wildman–Crippen MR) is 78.0 cm³/mol. The van der Waals surface area contributed by atoms with Gasteiger partial charge in [-0.3, -0.25) is 9.80 Å². The zero-order chi connectivity index (χ0) is 12.9. The van der Waals surface area contributed by atoms with E-state index in [1.165, 1.54) is 71.1 Å². The van der Waals surface area contributed by atoms with E-state index in [1.54, 1.807) is 0 Å². The van der Waals surface area contributed by atoms with Crippen molar-refractivity contribution in [3.8, 4) is 0 Å². The van der Waals surface area contributed by atoms with E-state index in [0.717, 1.165) is 24.4 Å². The first kappa shape index (κ1) is 12.6. The van der Waals surface area contributed by atoms with Crippen LogP contribution in [-0.4, -0.2) is 54.1 Å². The maximum Gasteiger partial charge on any atom is 0.0363 e. The van der Waals surface area contributed by atoms with Crippen molar-refractivity contribution < 1.29 is 0 Å². The van der Waals surface area contributed by atoms with Crippen LogP contribution in [0.3, 0.4) is 0 Å². The van der Waals surface area contributed by atoms with E-state index in [9.17, 15) is 0 Å². The fraction of sp³-hybridized carbons (Fsp3) is 1.00. The van der Waals surface area contributed by atoms with Gasteiger partial charge in [-0.15, -0.1) is 0 Å². The van der Waals surface area contributed by atoms with E-state index in [2.05, 4.69) is 9.80 Å². The molecule has 0 spiro atoms. The molecule has 108 valence electrons. The molecule has 4 fully saturated rings. The first-order valence-corrected chi connectivity index (χ1v) is 8.51. The fourth-order valence-electron chi connectivity index (χ4n) is 5.79. The smallest absolute Gasteiger partial charge is 0.0363 e. The summed E-state index contributed by atoms with van der Waals surface area (Å²) in [5.41, 5.74) is 6.71. The highest BCUT2D eigenvalue weighted by molar-refractivity contribution is 5.09. The standard InChI is InChI=1S/C16H29N3/c17-12-16(10-13-4-5-14(16)9-13)19-8-2-7-18-6-1-3-15(18)11-19/h13-15H,1-12,17H2. The third kappa shape index (κ3) is 1.89. The summed E-state index contributed by atoms with van der Waals surface area (Å²) in [4.78, 5) is 5.60. The summed E-state index contributed by atoms with van der Waals surface area (Å²) >= 11 is 0. The minimum absolute atomic E-state index is 0.390. The Bertz CT molecular complexity index is 345. The van der Waals surface area contributed by atoms with Gasteiger partial charge < -0.3 is 5.73 Å². The maximum atomic E-state index is 6.32. The van der Waals surface area contributed by atoms with Crippen LogP contribution in [0.1, 0.15) is 44.9 Å². The molecule has 0 aromatic rings. The molecular weight excluding hydrogens is 234 g/mol. The first-order valence-electron chi connectivity index (χ1n) is 8.51. The molecule has 2 aliphatic heterocycles. The Labute approximate surface area is 117 Å². The van der Waals surface area contributed by atoms with Gasteiger partial charge in [0, 0.05) is 31.2 Å². The zero-order valence-corrected chi connectivity index (χ0v) is 12.2. The van der Waals surface area contributed by atoms with Gasteiger partial charge in [0.15, 0.2) is 0 Å². The Morgan fingerprint density at radius 1 is 1.05 bits per heavy atom. The molecule has 19 heavy (non-hydrogen) atoms. The quantitative estimate of drug-likeness (QED) is 0.822. The maximum absolute atomic E-state index is 6.32. The summed E-state index contributed by atoms with van der Waals surface area (Å²) in [5, 5.41) is 0. The Kier molecular flexibility index (Phi) is 3.13. The van der Waals surface area contributed by atoms with Crippen molar-refractivity contribution >= 4 is 0 Å². The molecule has 2 saturated heterocycles. The molecule has 3 heteroatoms. The molecule has 2 bridgehead atoms. The normalized spacial score (nSPS) is 47.5. The molecule has 4 rings (SSSR count). The van der Waals surface area contributed by atoms with Crippen molar-refractivity contribution in [3.63, 3.8) is 0 Å². The van der Waals surface area contributed by atoms with Crippen LogP contribution in [0.2, 0.25) is 0 Å². The molecule has 2 saturated carbocycles. The van der Waals surface area contributed by atoms with E-state index in [4.69, 9.17) is 5.73 Å². The second-order valence-electron chi connectivity index (χ2n) is 7.52. The van der Waals surface area contributed by atoms with Crippen LogP contribution in [0.4, 0.5) is 0 Å². The molecule has 4 unspecified atom stereocenters. The Morgan fingerprint density at radius 2 is 1.95 bits per heavy atom. The van der Waals surface area contributed by atoms with E-state index in [0.29, 0.717) is 5.54 Å². The lowest BCUT2D eigenvalue weighted by Gasteiger charge is -2.47. The summed E-state index contributed by atoms with van der Waals surface area (Å²) < 4.78 is 0. The van der Waals surface area contributed by atoms with Gasteiger partial charge >= 0.3 is 0 Å². The van der Waals surface area contributed by atoms with Crippen molar-refractivity contribution in [2.45, 2.75) is 56.5 Å². The highest BCUT2D eigenvalue weighted by Crippen LogP contribution is 2.53. The number of nitrogens with zero attached hydrogens (tertiary/aromatic N) is 2. The van der Waals surface area contributed by atoms with Crippen LogP contribution in [0, 0.1) is 11.8 Å². The topological polar surface area (TPSA) is 32.5 Å². The second kappa shape index (κ2) is 4.71. The zero-order valence-electron chi connectivity index (χ0n) is 12.2. The van der Waals surface area contributed by atoms with E-state index >= 15 is 0 Å². The van der Waals surface area contributed by atoms with Gasteiger partial charge in [-0.1, -0.05) is 6.42 Å². The van der Waals surface area contributed by atoms with Gasteiger partial charge in [0.05, 0.1) is 0 Å². The average molecular weight is 263 g/mol. The lowest BCUT2D eigenvalue weighted by Crippen LogP contribution is -2.59. The minimum Gasteiger partial charge on any atom is -0.329 e. The van der Waals surface area contributed by atoms with Crippen LogP contribution in [0.25, 0.3) is 0 Å². The molecule has 2 heterocycles. The molecule has 4 aliphatic rings. The third-order valence-corrected chi connectivity index (χ3v) is 6.73. The molecule has 0 aromatic heterocycles. The average Bonchev–Trinajstić information content (AvgIpc) is 3.12. The fourth-order valence-corrected chi connectivity index (χ4v) is 5.79. The third-order valence-electron chi connectivity index (χ3n) is 6.73. The molecule has 2 N–H and O–H groups in total. The molecule has 0 radical (unpaired) electrons. The van der Waals surface area contributed by atoms with Crippen LogP contribution in [0.15, 0.2) is 0 Å². The number of fused-ring (bicyclic) bond motifs is 3. The van der Waals surface area contributed by atoms with Crippen LogP contribution in [0.5, 0.6) is 0 Å². The van der Waals surface area contributed by atoms with Crippen molar-refractivity contribution in [2.75, 3.05) is 32.7 Å². The minimum atomic E-state index is 0.390. The molecular formula is C16H29N3. The van der Waals surface area contributed by atoms with Crippen LogP contribution in [-0.2, 0) is 0 Å². The van der Waals surface area contributed by atoms with Gasteiger partial charge in [-0.2, -0.15) is 0 Å². The molecule has 2 aliphatic carbocycles. The predicted octanol–water partition coefficient (Wildman–Crippen LogP) is 1.67. The first-order chi connectivity index (χ1) is 9.32. The highest BCUT2D eigenvalue weighted by Gasteiger charge is 2.53. The van der Waals surface area contributed by atoms with Crippen LogP contribution < -0.4 is 5.73 Å². The monoisotopic (exact) mass is 263 g/mol. The largest absolute Gasteiger partial charge is 0.329 e. The van der Waals surface area contributed by atoms with Crippen molar-refractivity contribution in [1.82, 2.24) is 9.80 Å². The molecule has 0 amide bonds. The number of rotatable bonds is 2. The molecule has 3 nitrogen and oxygen atoms in total. The van der Waals surface area contributed by atoms with E-state index in [1.807, 2.05) is 0 Å². The lowest BCUT2D eigenvalue weighted by atomic mass is 9.79. The van der Waals surface area contributed by atoms with Crippen LogP contribution >= 0.6 is 0 Å². The summed E-state index contributed by atoms with van der Waals surface area (Å²) in [6.45, 7) is 6.19. The number of hydrogen-bond donors (Lipinski definition) is 1. The summed E-state index contributed by atoms with van der Waals surface area (Å²) in [6.07, 6.45) is 10.0. The SMILES string of the molecule is NCC1(N2CCCN3CCCC3C2)CC2CCC1C2. The summed E-state index contributed by atoms with van der Waals surface area (Å²) in [7, 11) is 0. The second-order valence-corrected chi connectivity index (χ2v) is 7.52. The Balaban J connectivity index is 1.56. The van der Waals surface area contributed by atoms with Gasteiger partial charge in [0.25, 0.3) is 0 Å². The summed E-state index contributed by atoms with van der Waals surface area (Å²) in [6, 6.07) is 0.838. The Morgan fingerprint density at radius 3 is 2.68 bits per heavy atom. The van der Waals surface area contributed by atoms with Gasteiger partial charge in [-0.05, 0) is 63.5 Å². The van der Waals surface area contributed by atoms with Crippen molar-refractivity contribution in [3.05, 3.63) is 0 Å². The lowest BCUT2D eigenvalue weighted by molar-refractivity contribution is 0.0361. The molecule has 4 atom stereocenters. The summed E-state index contributed by atoms with van der Waals surface area (Å²) in [5.74, 6) is 1.91. The van der Waals surface area contributed by atoms with Crippen molar-refractivity contribution in [1.29, 1.82) is 0 Å². The van der Waals surface area contributed by atoms with E-state index in [-0.39, 0.29) is 0 Å². The van der Waals surface area contributed by atoms with Gasteiger partial charge in [-0.25, -0.2) is 0 Å². The van der Waals surface area contributed by atoms with Crippen molar-refractivity contribution in [2.24, 2.45) is 17.6 Å². The Hall–Kier alpha value is -0.120. The van der Waals surface area contributed by atoms with Gasteiger partial charge in [0.2, 0.25) is 0 Å². The highest BCUT2D eigenvalue weighted by atomic mass is 15.3. The number of nitrogens with two attached hydrogens (primary N) is 1. The molecule has 0 aromatic carbocycles.